The molecule has 0 spiro atoms. The van der Waals surface area contributed by atoms with E-state index < -0.39 is 0 Å². The van der Waals surface area contributed by atoms with Crippen molar-refractivity contribution < 1.29 is 15.0 Å². The van der Waals surface area contributed by atoms with Crippen LogP contribution in [0.2, 0.25) is 0 Å². The molecule has 25 heavy (non-hydrogen) atoms. The zero-order chi connectivity index (χ0) is 17.6. The molecular formula is C21H29NO3. The molecule has 0 aromatic heterocycles. The van der Waals surface area contributed by atoms with Gasteiger partial charge in [-0.3, -0.25) is 4.79 Å². The molecule has 4 nitrogen and oxygen atoms in total. The Morgan fingerprint density at radius 1 is 1.16 bits per heavy atom. The van der Waals surface area contributed by atoms with Crippen molar-refractivity contribution in [2.45, 2.75) is 63.9 Å². The average Bonchev–Trinajstić information content (AvgIpc) is 2.88. The zero-order valence-corrected chi connectivity index (χ0v) is 15.0. The van der Waals surface area contributed by atoms with Gasteiger partial charge in [0.05, 0.1) is 6.10 Å². The highest BCUT2D eigenvalue weighted by Crippen LogP contribution is 2.60. The monoisotopic (exact) mass is 343 g/mol. The second-order valence-electron chi connectivity index (χ2n) is 8.54. The molecular weight excluding hydrogens is 314 g/mol. The second kappa shape index (κ2) is 6.31. The number of phenols is 1. The van der Waals surface area contributed by atoms with E-state index in [1.807, 2.05) is 12.1 Å². The van der Waals surface area contributed by atoms with Gasteiger partial charge in [0.25, 0.3) is 0 Å². The lowest BCUT2D eigenvalue weighted by Crippen LogP contribution is -2.43. The highest BCUT2D eigenvalue weighted by atomic mass is 16.3. The van der Waals surface area contributed by atoms with E-state index in [1.54, 1.807) is 0 Å². The Morgan fingerprint density at radius 3 is 2.60 bits per heavy atom. The number of aromatic hydroxyl groups is 1. The SMILES string of the molecule is C[C@]12CC[C@@H]3c4ccc(O)cc4CC[C@H]3[C@@H]1CC[C@@H]2O.O=C1CCN1. The summed E-state index contributed by atoms with van der Waals surface area (Å²) in [6, 6.07) is 5.96. The van der Waals surface area contributed by atoms with Gasteiger partial charge in [-0.2, -0.15) is 0 Å². The Kier molecular flexibility index (Phi) is 4.27. The number of hydrogen-bond donors (Lipinski definition) is 3. The predicted octanol–water partition coefficient (Wildman–Crippen LogP) is 3.12. The Labute approximate surface area is 149 Å². The van der Waals surface area contributed by atoms with Crippen molar-refractivity contribution in [2.75, 3.05) is 6.54 Å². The number of hydrogen-bond acceptors (Lipinski definition) is 3. The fourth-order valence-electron chi connectivity index (χ4n) is 5.77. The molecule has 1 aromatic rings. The first-order chi connectivity index (χ1) is 12.0. The van der Waals surface area contributed by atoms with Gasteiger partial charge < -0.3 is 15.5 Å². The summed E-state index contributed by atoms with van der Waals surface area (Å²) < 4.78 is 0. The number of carbonyl (C=O) groups excluding carboxylic acids is 1. The van der Waals surface area contributed by atoms with E-state index in [1.165, 1.54) is 30.4 Å². The van der Waals surface area contributed by atoms with Crippen LogP contribution in [0.1, 0.15) is 62.5 Å². The summed E-state index contributed by atoms with van der Waals surface area (Å²) in [4.78, 5) is 9.79. The highest BCUT2D eigenvalue weighted by Gasteiger charge is 2.54. The van der Waals surface area contributed by atoms with Gasteiger partial charge in [0.1, 0.15) is 5.75 Å². The molecule has 4 aliphatic rings. The summed E-state index contributed by atoms with van der Waals surface area (Å²) in [5, 5.41) is 22.6. The Bertz CT molecular complexity index is 667. The molecule has 5 rings (SSSR count). The third-order valence-electron chi connectivity index (χ3n) is 7.33. The van der Waals surface area contributed by atoms with Crippen LogP contribution in [-0.2, 0) is 11.2 Å². The first-order valence-corrected chi connectivity index (χ1v) is 9.75. The van der Waals surface area contributed by atoms with Crippen LogP contribution in [0.25, 0.3) is 0 Å². The molecule has 3 aliphatic carbocycles. The molecule has 3 N–H and O–H groups in total. The van der Waals surface area contributed by atoms with Crippen molar-refractivity contribution in [1.29, 1.82) is 0 Å². The number of fused-ring (bicyclic) bond motifs is 5. The van der Waals surface area contributed by atoms with Crippen LogP contribution in [0.4, 0.5) is 0 Å². The topological polar surface area (TPSA) is 69.6 Å². The van der Waals surface area contributed by atoms with Crippen LogP contribution in [-0.4, -0.2) is 28.8 Å². The van der Waals surface area contributed by atoms with E-state index in [-0.39, 0.29) is 17.4 Å². The molecule has 1 heterocycles. The Balaban J connectivity index is 0.000000272. The summed E-state index contributed by atoms with van der Waals surface area (Å²) >= 11 is 0. The van der Waals surface area contributed by atoms with E-state index in [9.17, 15) is 15.0 Å². The number of benzene rings is 1. The summed E-state index contributed by atoms with van der Waals surface area (Å²) in [7, 11) is 0. The molecule has 3 fully saturated rings. The molecule has 1 aliphatic heterocycles. The van der Waals surface area contributed by atoms with Gasteiger partial charge in [-0.25, -0.2) is 0 Å². The lowest BCUT2D eigenvalue weighted by molar-refractivity contribution is -0.125. The minimum absolute atomic E-state index is 0.0883. The lowest BCUT2D eigenvalue weighted by Gasteiger charge is -2.50. The molecule has 1 saturated heterocycles. The van der Waals surface area contributed by atoms with Crippen LogP contribution >= 0.6 is 0 Å². The number of aliphatic hydroxyl groups is 1. The Morgan fingerprint density at radius 2 is 1.92 bits per heavy atom. The van der Waals surface area contributed by atoms with Gasteiger partial charge in [-0.15, -0.1) is 0 Å². The largest absolute Gasteiger partial charge is 0.508 e. The van der Waals surface area contributed by atoms with Crippen LogP contribution in [0.15, 0.2) is 18.2 Å². The van der Waals surface area contributed by atoms with Crippen molar-refractivity contribution in [3.8, 4) is 5.75 Å². The maximum absolute atomic E-state index is 10.4. The highest BCUT2D eigenvalue weighted by molar-refractivity contribution is 5.81. The number of β-lactam (4-membered cyclic amide) rings is 1. The molecule has 136 valence electrons. The maximum atomic E-state index is 10.4. The zero-order valence-electron chi connectivity index (χ0n) is 15.0. The number of aryl methyl sites for hydroxylation is 1. The van der Waals surface area contributed by atoms with E-state index in [0.29, 0.717) is 17.6 Å². The van der Waals surface area contributed by atoms with E-state index in [4.69, 9.17) is 0 Å². The first kappa shape index (κ1) is 16.9. The number of aliphatic hydroxyl groups excluding tert-OH is 1. The molecule has 2 saturated carbocycles. The molecule has 5 atom stereocenters. The minimum atomic E-state index is -0.0883. The van der Waals surface area contributed by atoms with Crippen LogP contribution in [0.5, 0.6) is 5.75 Å². The van der Waals surface area contributed by atoms with E-state index in [0.717, 1.165) is 38.1 Å². The van der Waals surface area contributed by atoms with Crippen molar-refractivity contribution in [1.82, 2.24) is 5.32 Å². The fourth-order valence-corrected chi connectivity index (χ4v) is 5.77. The predicted molar refractivity (Wildman–Crippen MR) is 96.4 cm³/mol. The molecule has 1 amide bonds. The van der Waals surface area contributed by atoms with Gasteiger partial charge in [0.2, 0.25) is 5.91 Å². The van der Waals surface area contributed by atoms with E-state index in [2.05, 4.69) is 18.3 Å². The summed E-state index contributed by atoms with van der Waals surface area (Å²) in [5.74, 6) is 2.67. The number of phenolic OH excluding ortho intramolecular Hbond substituents is 1. The second-order valence-corrected chi connectivity index (χ2v) is 8.54. The minimum Gasteiger partial charge on any atom is -0.508 e. The standard InChI is InChI=1S/C18H24O2.C3H5NO/c1-18-9-8-14-13-5-3-12(19)10-11(13)2-4-15(14)16(18)6-7-17(18)20;5-3-1-2-4-3/h3,5,10,14-17,19-20H,2,4,6-9H2,1H3;1-2H2,(H,4,5)/t14-,15-,16+,17+,18+;/m1./s1. The van der Waals surface area contributed by atoms with Crippen LogP contribution < -0.4 is 5.32 Å². The molecule has 0 bridgehead atoms. The van der Waals surface area contributed by atoms with Crippen molar-refractivity contribution in [3.05, 3.63) is 29.3 Å². The number of nitrogens with one attached hydrogen (secondary N) is 1. The maximum Gasteiger partial charge on any atom is 0.221 e. The third kappa shape index (κ3) is 2.84. The Hall–Kier alpha value is -1.55. The first-order valence-electron chi connectivity index (χ1n) is 9.75. The van der Waals surface area contributed by atoms with E-state index >= 15 is 0 Å². The van der Waals surface area contributed by atoms with Crippen molar-refractivity contribution >= 4 is 5.91 Å². The molecule has 4 heteroatoms. The summed E-state index contributed by atoms with van der Waals surface area (Å²) in [6.07, 6.45) is 7.52. The van der Waals surface area contributed by atoms with Gasteiger partial charge in [-0.05, 0) is 85.0 Å². The van der Waals surface area contributed by atoms with Crippen LogP contribution in [0.3, 0.4) is 0 Å². The number of rotatable bonds is 0. The molecule has 0 radical (unpaired) electrons. The van der Waals surface area contributed by atoms with Gasteiger partial charge >= 0.3 is 0 Å². The molecule has 0 unspecified atom stereocenters. The average molecular weight is 343 g/mol. The van der Waals surface area contributed by atoms with Gasteiger partial charge in [-0.1, -0.05) is 13.0 Å². The third-order valence-corrected chi connectivity index (χ3v) is 7.33. The van der Waals surface area contributed by atoms with Gasteiger partial charge in [0, 0.05) is 13.0 Å². The van der Waals surface area contributed by atoms with Crippen molar-refractivity contribution in [3.63, 3.8) is 0 Å². The summed E-state index contributed by atoms with van der Waals surface area (Å²) in [6.45, 7) is 3.21. The van der Waals surface area contributed by atoms with Gasteiger partial charge in [0.15, 0.2) is 0 Å². The normalized spacial score (nSPS) is 38.2. The van der Waals surface area contributed by atoms with Crippen LogP contribution in [0, 0.1) is 17.3 Å². The number of amides is 1. The molecule has 1 aromatic carbocycles. The summed E-state index contributed by atoms with van der Waals surface area (Å²) in [5.41, 5.74) is 2.99. The quantitative estimate of drug-likeness (QED) is 0.634. The fraction of sp³-hybridized carbons (Fsp3) is 0.667. The smallest absolute Gasteiger partial charge is 0.221 e. The van der Waals surface area contributed by atoms with Crippen molar-refractivity contribution in [2.24, 2.45) is 17.3 Å². The lowest BCUT2D eigenvalue weighted by atomic mass is 9.55. The number of carbonyl (C=O) groups is 1.